The molecule has 2 heterocycles. The van der Waals surface area contributed by atoms with Crippen LogP contribution in [-0.2, 0) is 16.0 Å². The molecule has 1 aromatic carbocycles. The molecule has 2 aromatic rings. The number of benzene rings is 1. The fourth-order valence-corrected chi connectivity index (χ4v) is 4.39. The highest BCUT2D eigenvalue weighted by Gasteiger charge is 2.65. The van der Waals surface area contributed by atoms with Gasteiger partial charge in [0.25, 0.3) is 0 Å². The summed E-state index contributed by atoms with van der Waals surface area (Å²) < 4.78 is 80.2. The summed E-state index contributed by atoms with van der Waals surface area (Å²) in [7, 11) is 1.08. The second-order valence-corrected chi connectivity index (χ2v) is 8.40. The van der Waals surface area contributed by atoms with Crippen LogP contribution in [0.25, 0.3) is 0 Å². The van der Waals surface area contributed by atoms with Crippen LogP contribution in [-0.4, -0.2) is 47.6 Å². The molecule has 1 aromatic heterocycles. The number of nitrogens with one attached hydrogen (secondary N) is 2. The Morgan fingerprint density at radius 3 is 2.52 bits per heavy atom. The number of hydrogen-bond donors (Lipinski definition) is 2. The summed E-state index contributed by atoms with van der Waals surface area (Å²) in [4.78, 5) is 13.0. The van der Waals surface area contributed by atoms with E-state index in [0.29, 0.717) is 6.42 Å². The van der Waals surface area contributed by atoms with Crippen molar-refractivity contribution in [1.29, 1.82) is 0 Å². The number of halogens is 5. The van der Waals surface area contributed by atoms with Gasteiger partial charge in [-0.3, -0.25) is 9.89 Å². The molecule has 6 nitrogen and oxygen atoms in total. The van der Waals surface area contributed by atoms with Crippen LogP contribution < -0.4 is 10.1 Å². The number of aromatic nitrogens is 2. The van der Waals surface area contributed by atoms with Crippen LogP contribution in [0.3, 0.4) is 0 Å². The largest absolute Gasteiger partial charge is 0.493 e. The minimum absolute atomic E-state index is 0.0708. The fourth-order valence-electron chi connectivity index (χ4n) is 4.39. The summed E-state index contributed by atoms with van der Waals surface area (Å²) in [5.74, 6) is -6.43. The molecule has 0 saturated carbocycles. The van der Waals surface area contributed by atoms with Crippen LogP contribution in [0.15, 0.2) is 12.1 Å². The van der Waals surface area contributed by atoms with Gasteiger partial charge in [-0.25, -0.2) is 4.39 Å². The Morgan fingerprint density at radius 1 is 1.30 bits per heavy atom. The average Bonchev–Trinajstić information content (AvgIpc) is 3.21. The van der Waals surface area contributed by atoms with Crippen LogP contribution >= 0.6 is 0 Å². The molecule has 0 aliphatic carbocycles. The Bertz CT molecular complexity index is 1020. The van der Waals surface area contributed by atoms with Gasteiger partial charge in [0.15, 0.2) is 17.2 Å². The number of carbonyl (C=O) groups is 1. The van der Waals surface area contributed by atoms with Crippen LogP contribution in [0.1, 0.15) is 42.3 Å². The number of alkyl halides is 3. The van der Waals surface area contributed by atoms with Crippen molar-refractivity contribution >= 4 is 5.91 Å². The Morgan fingerprint density at radius 2 is 1.97 bits per heavy atom. The van der Waals surface area contributed by atoms with Gasteiger partial charge in [-0.2, -0.15) is 22.7 Å². The van der Waals surface area contributed by atoms with Gasteiger partial charge in [0, 0.05) is 29.6 Å². The highest BCUT2D eigenvalue weighted by molar-refractivity contribution is 5.83. The van der Waals surface area contributed by atoms with Gasteiger partial charge < -0.3 is 14.8 Å². The number of hydrogen-bond acceptors (Lipinski definition) is 4. The quantitative estimate of drug-likeness (QED) is 0.617. The lowest BCUT2D eigenvalue weighted by Crippen LogP contribution is -2.47. The normalized spacial score (nSPS) is 25.3. The third-order valence-electron chi connectivity index (χ3n) is 6.53. The number of amides is 1. The Labute approximate surface area is 187 Å². The Kier molecular flexibility index (Phi) is 6.74. The monoisotopic (exact) mass is 475 g/mol. The van der Waals surface area contributed by atoms with E-state index in [1.54, 1.807) is 6.92 Å². The lowest BCUT2D eigenvalue weighted by atomic mass is 9.77. The maximum absolute atomic E-state index is 14.4. The van der Waals surface area contributed by atoms with Crippen LogP contribution in [0, 0.1) is 31.4 Å². The molecule has 1 aliphatic rings. The van der Waals surface area contributed by atoms with Crippen LogP contribution in [0.4, 0.5) is 22.0 Å². The van der Waals surface area contributed by atoms with E-state index in [9.17, 15) is 26.7 Å². The highest BCUT2D eigenvalue weighted by atomic mass is 19.4. The fraction of sp³-hybridized carbons (Fsp3) is 0.545. The summed E-state index contributed by atoms with van der Waals surface area (Å²) in [5.41, 5.74) is -0.301. The molecule has 0 spiro atoms. The number of carbonyl (C=O) groups excluding carboxylic acids is 1. The highest BCUT2D eigenvalue weighted by Crippen LogP contribution is 2.54. The second kappa shape index (κ2) is 8.92. The summed E-state index contributed by atoms with van der Waals surface area (Å²) in [6.07, 6.45) is -6.01. The molecule has 1 fully saturated rings. The van der Waals surface area contributed by atoms with Gasteiger partial charge in [-0.15, -0.1) is 0 Å². The van der Waals surface area contributed by atoms with Crippen LogP contribution in [0.5, 0.6) is 5.75 Å². The SMILES string of the molecule is COc1c([C@H]2[C@H](C(=O)NCCc3c(C)n[nH]c3C)O[C@@](C)(C(F)(F)F)[C@H]2C)ccc(F)c1F. The topological polar surface area (TPSA) is 76.2 Å². The van der Waals surface area contributed by atoms with E-state index < -0.39 is 53.0 Å². The summed E-state index contributed by atoms with van der Waals surface area (Å²) >= 11 is 0. The van der Waals surface area contributed by atoms with Crippen molar-refractivity contribution in [3.63, 3.8) is 0 Å². The number of aromatic amines is 1. The standard InChI is InChI=1S/C22H26F5N3O3/c1-10-16(14-6-7-15(23)17(24)18(14)32-5)19(33-21(10,4)22(25,26)27)20(31)28-9-8-13-11(2)29-30-12(13)3/h6-7,10,16,19H,8-9H2,1-5H3,(H,28,31)(H,29,30)/t10-,16-,19+,21+/m0/s1. The smallest absolute Gasteiger partial charge is 0.417 e. The van der Waals surface area contributed by atoms with E-state index in [2.05, 4.69) is 15.5 Å². The first-order chi connectivity index (χ1) is 15.3. The van der Waals surface area contributed by atoms with E-state index in [1.165, 1.54) is 6.92 Å². The van der Waals surface area contributed by atoms with E-state index >= 15 is 0 Å². The van der Waals surface area contributed by atoms with E-state index in [4.69, 9.17) is 9.47 Å². The summed E-state index contributed by atoms with van der Waals surface area (Å²) in [6.45, 7) is 5.85. The number of methoxy groups -OCH3 is 1. The van der Waals surface area contributed by atoms with Gasteiger partial charge in [0.05, 0.1) is 12.8 Å². The number of nitrogens with zero attached hydrogens (tertiary/aromatic N) is 1. The van der Waals surface area contributed by atoms with Crippen molar-refractivity contribution in [3.05, 3.63) is 46.3 Å². The first-order valence-electron chi connectivity index (χ1n) is 10.4. The zero-order valence-corrected chi connectivity index (χ0v) is 18.9. The van der Waals surface area contributed by atoms with Crippen molar-refractivity contribution in [2.24, 2.45) is 5.92 Å². The van der Waals surface area contributed by atoms with Gasteiger partial charge in [-0.05, 0) is 38.8 Å². The molecule has 11 heteroatoms. The Balaban J connectivity index is 1.93. The summed E-state index contributed by atoms with van der Waals surface area (Å²) in [6, 6.07) is 1.92. The molecule has 2 N–H and O–H groups in total. The molecular weight excluding hydrogens is 449 g/mol. The lowest BCUT2D eigenvalue weighted by Gasteiger charge is -2.32. The van der Waals surface area contributed by atoms with Crippen LogP contribution in [0.2, 0.25) is 0 Å². The predicted octanol–water partition coefficient (Wildman–Crippen LogP) is 4.11. The minimum Gasteiger partial charge on any atom is -0.493 e. The average molecular weight is 475 g/mol. The van der Waals surface area contributed by atoms with E-state index in [1.807, 2.05) is 6.92 Å². The maximum atomic E-state index is 14.4. The number of ether oxygens (including phenoxy) is 2. The van der Waals surface area contributed by atoms with E-state index in [0.717, 1.165) is 43.1 Å². The zero-order valence-electron chi connectivity index (χ0n) is 18.9. The van der Waals surface area contributed by atoms with Crippen molar-refractivity contribution in [3.8, 4) is 5.75 Å². The Hall–Kier alpha value is -2.69. The second-order valence-electron chi connectivity index (χ2n) is 8.40. The van der Waals surface area contributed by atoms with Gasteiger partial charge in [-0.1, -0.05) is 13.0 Å². The predicted molar refractivity (Wildman–Crippen MR) is 109 cm³/mol. The van der Waals surface area contributed by atoms with E-state index in [-0.39, 0.29) is 12.1 Å². The summed E-state index contributed by atoms with van der Waals surface area (Å²) in [5, 5.41) is 9.50. The first-order valence-corrected chi connectivity index (χ1v) is 10.4. The molecule has 33 heavy (non-hydrogen) atoms. The molecule has 182 valence electrons. The number of aryl methyl sites for hydroxylation is 2. The third-order valence-corrected chi connectivity index (χ3v) is 6.53. The van der Waals surface area contributed by atoms with Gasteiger partial charge >= 0.3 is 6.18 Å². The first kappa shape index (κ1) is 24.9. The molecule has 0 radical (unpaired) electrons. The molecule has 3 rings (SSSR count). The lowest BCUT2D eigenvalue weighted by molar-refractivity contribution is -0.272. The molecule has 1 amide bonds. The van der Waals surface area contributed by atoms with Gasteiger partial charge in [0.1, 0.15) is 6.10 Å². The maximum Gasteiger partial charge on any atom is 0.417 e. The van der Waals surface area contributed by atoms with Crippen molar-refractivity contribution in [2.75, 3.05) is 13.7 Å². The number of rotatable bonds is 6. The van der Waals surface area contributed by atoms with Crippen molar-refractivity contribution < 1.29 is 36.2 Å². The molecule has 0 unspecified atom stereocenters. The molecule has 0 bridgehead atoms. The van der Waals surface area contributed by atoms with Crippen molar-refractivity contribution in [1.82, 2.24) is 15.5 Å². The number of H-pyrrole nitrogens is 1. The molecule has 1 saturated heterocycles. The van der Waals surface area contributed by atoms with Crippen molar-refractivity contribution in [2.45, 2.75) is 57.9 Å². The molecule has 4 atom stereocenters. The molecular formula is C22H26F5N3O3. The third kappa shape index (κ3) is 4.30. The zero-order chi connectivity index (χ0) is 24.7. The molecule has 1 aliphatic heterocycles. The minimum atomic E-state index is -4.81. The van der Waals surface area contributed by atoms with Gasteiger partial charge in [0.2, 0.25) is 11.7 Å².